The number of fused-ring (bicyclic) bond motifs is 2. The second kappa shape index (κ2) is 7.74. The van der Waals surface area contributed by atoms with E-state index in [0.29, 0.717) is 23.1 Å². The SMILES string of the molecule is N#Cc1cn(-c2ccc(-c3ncc(N(C4CC4)[C@@H]4C[C@@H]5CC[C@@H](N5)[C@@H]4F)nn3)c(O)c2)nn1. The van der Waals surface area contributed by atoms with E-state index in [1.807, 2.05) is 6.07 Å². The number of halogens is 1. The van der Waals surface area contributed by atoms with E-state index in [-0.39, 0.29) is 35.4 Å². The van der Waals surface area contributed by atoms with E-state index in [4.69, 9.17) is 5.26 Å². The first-order valence-corrected chi connectivity index (χ1v) is 11.1. The Morgan fingerprint density at radius 1 is 1.18 bits per heavy atom. The van der Waals surface area contributed by atoms with Gasteiger partial charge in [-0.3, -0.25) is 0 Å². The van der Waals surface area contributed by atoms with Gasteiger partial charge in [-0.15, -0.1) is 15.3 Å². The molecule has 4 atom stereocenters. The molecule has 4 heterocycles. The van der Waals surface area contributed by atoms with Gasteiger partial charge < -0.3 is 15.3 Å². The molecule has 6 rings (SSSR count). The summed E-state index contributed by atoms with van der Waals surface area (Å²) in [5.74, 6) is 0.809. The maximum Gasteiger partial charge on any atom is 0.185 e. The van der Waals surface area contributed by atoms with Crippen molar-refractivity contribution >= 4 is 5.82 Å². The van der Waals surface area contributed by atoms with Gasteiger partial charge in [-0.2, -0.15) is 5.26 Å². The largest absolute Gasteiger partial charge is 0.507 e. The molecule has 0 amide bonds. The molecule has 2 N–H and O–H groups in total. The lowest BCUT2D eigenvalue weighted by Crippen LogP contribution is -2.57. The van der Waals surface area contributed by atoms with Crippen LogP contribution in [0.3, 0.4) is 0 Å². The van der Waals surface area contributed by atoms with Crippen LogP contribution in [0.1, 0.15) is 37.8 Å². The van der Waals surface area contributed by atoms with Gasteiger partial charge in [0.15, 0.2) is 17.3 Å². The molecule has 2 aliphatic heterocycles. The number of hydrogen-bond donors (Lipinski definition) is 2. The highest BCUT2D eigenvalue weighted by atomic mass is 19.1. The van der Waals surface area contributed by atoms with Gasteiger partial charge >= 0.3 is 0 Å². The number of aromatic hydroxyl groups is 1. The second-order valence-corrected chi connectivity index (χ2v) is 8.93. The molecular formula is C22H22FN9O. The molecule has 1 aromatic carbocycles. The third-order valence-electron chi connectivity index (χ3n) is 6.76. The van der Waals surface area contributed by atoms with Crippen molar-refractivity contribution in [1.29, 1.82) is 5.26 Å². The van der Waals surface area contributed by atoms with E-state index in [0.717, 1.165) is 32.1 Å². The lowest BCUT2D eigenvalue weighted by Gasteiger charge is -2.40. The summed E-state index contributed by atoms with van der Waals surface area (Å²) >= 11 is 0. The normalized spacial score (nSPS) is 26.2. The number of alkyl halides is 1. The van der Waals surface area contributed by atoms with Crippen LogP contribution in [-0.2, 0) is 0 Å². The highest BCUT2D eigenvalue weighted by Crippen LogP contribution is 2.40. The third kappa shape index (κ3) is 3.56. The van der Waals surface area contributed by atoms with Crippen molar-refractivity contribution in [2.75, 3.05) is 4.90 Å². The monoisotopic (exact) mass is 447 g/mol. The van der Waals surface area contributed by atoms with Gasteiger partial charge in [0.05, 0.1) is 29.7 Å². The Morgan fingerprint density at radius 3 is 2.76 bits per heavy atom. The van der Waals surface area contributed by atoms with E-state index in [1.54, 1.807) is 18.3 Å². The third-order valence-corrected chi connectivity index (χ3v) is 6.76. The van der Waals surface area contributed by atoms with Crippen LogP contribution in [-0.4, -0.2) is 65.6 Å². The smallest absolute Gasteiger partial charge is 0.185 e. The molecule has 2 bridgehead atoms. The summed E-state index contributed by atoms with van der Waals surface area (Å²) in [5, 5.41) is 39.1. The number of nitrogens with one attached hydrogen (secondary N) is 1. The Balaban J connectivity index is 1.26. The van der Waals surface area contributed by atoms with Gasteiger partial charge in [-0.05, 0) is 44.2 Å². The second-order valence-electron chi connectivity index (χ2n) is 8.93. The molecule has 3 aromatic rings. The summed E-state index contributed by atoms with van der Waals surface area (Å²) in [4.78, 5) is 6.53. The first-order chi connectivity index (χ1) is 16.1. The predicted octanol–water partition coefficient (Wildman–Crippen LogP) is 1.90. The molecule has 2 aromatic heterocycles. The predicted molar refractivity (Wildman–Crippen MR) is 115 cm³/mol. The number of benzene rings is 1. The fraction of sp³-hybridized carbons (Fsp3) is 0.455. The summed E-state index contributed by atoms with van der Waals surface area (Å²) in [5.41, 5.74) is 1.14. The Morgan fingerprint density at radius 2 is 2.06 bits per heavy atom. The van der Waals surface area contributed by atoms with Crippen molar-refractivity contribution in [1.82, 2.24) is 35.5 Å². The number of nitriles is 1. The highest BCUT2D eigenvalue weighted by molar-refractivity contribution is 5.66. The van der Waals surface area contributed by atoms with Gasteiger partial charge in [0, 0.05) is 24.2 Å². The Labute approximate surface area is 189 Å². The van der Waals surface area contributed by atoms with Crippen LogP contribution in [0.15, 0.2) is 30.6 Å². The Bertz CT molecular complexity index is 1220. The van der Waals surface area contributed by atoms with Crippen molar-refractivity contribution in [2.45, 2.75) is 62.4 Å². The molecule has 0 spiro atoms. The molecule has 33 heavy (non-hydrogen) atoms. The van der Waals surface area contributed by atoms with Crippen LogP contribution in [0.2, 0.25) is 0 Å². The van der Waals surface area contributed by atoms with Crippen LogP contribution in [0.25, 0.3) is 17.1 Å². The molecule has 1 saturated carbocycles. The number of hydrogen-bond acceptors (Lipinski definition) is 9. The average Bonchev–Trinajstić information content (AvgIpc) is 3.39. The van der Waals surface area contributed by atoms with Crippen molar-refractivity contribution in [3.05, 3.63) is 36.3 Å². The molecule has 2 saturated heterocycles. The highest BCUT2D eigenvalue weighted by Gasteiger charge is 2.48. The maximum atomic E-state index is 15.2. The number of nitrogens with zero attached hydrogens (tertiary/aromatic N) is 8. The van der Waals surface area contributed by atoms with E-state index in [9.17, 15) is 5.11 Å². The number of piperidine rings is 1. The van der Waals surface area contributed by atoms with E-state index in [1.165, 1.54) is 16.9 Å². The van der Waals surface area contributed by atoms with Crippen LogP contribution in [0.4, 0.5) is 10.2 Å². The molecule has 168 valence electrons. The number of rotatable bonds is 5. The van der Waals surface area contributed by atoms with Gasteiger partial charge in [0.1, 0.15) is 18.0 Å². The van der Waals surface area contributed by atoms with Gasteiger partial charge in [0.25, 0.3) is 0 Å². The van der Waals surface area contributed by atoms with Crippen molar-refractivity contribution < 1.29 is 9.50 Å². The fourth-order valence-corrected chi connectivity index (χ4v) is 5.03. The Hall–Kier alpha value is -3.65. The number of phenols is 1. The van der Waals surface area contributed by atoms with Crippen molar-refractivity contribution in [2.24, 2.45) is 0 Å². The summed E-state index contributed by atoms with van der Waals surface area (Å²) in [6, 6.07) is 7.13. The summed E-state index contributed by atoms with van der Waals surface area (Å²) in [7, 11) is 0. The van der Waals surface area contributed by atoms with E-state index < -0.39 is 6.17 Å². The Kier molecular flexibility index (Phi) is 4.69. The van der Waals surface area contributed by atoms with E-state index >= 15 is 4.39 Å². The summed E-state index contributed by atoms with van der Waals surface area (Å²) in [6.07, 6.45) is 6.85. The summed E-state index contributed by atoms with van der Waals surface area (Å²) < 4.78 is 16.6. The standard InChI is InChI=1S/C22H22FN9O/c23-21-17-6-1-12(26-17)7-18(21)32(14-2-3-14)20-10-25-22(29-28-20)16-5-4-15(8-19(16)33)31-11-13(9-24)27-30-31/h4-5,8,10-12,14,17-18,21,26,33H,1-3,6-7H2/t12-,17+,18+,21-/m0/s1. The molecule has 0 unspecified atom stereocenters. The first-order valence-electron chi connectivity index (χ1n) is 11.1. The summed E-state index contributed by atoms with van der Waals surface area (Å²) in [6.45, 7) is 0. The minimum absolute atomic E-state index is 0.0474. The van der Waals surface area contributed by atoms with E-state index in [2.05, 4.69) is 35.7 Å². The van der Waals surface area contributed by atoms with Crippen LogP contribution >= 0.6 is 0 Å². The zero-order valence-corrected chi connectivity index (χ0v) is 17.7. The molecule has 10 nitrogen and oxygen atoms in total. The van der Waals surface area contributed by atoms with Crippen LogP contribution in [0, 0.1) is 11.3 Å². The number of aromatic nitrogens is 6. The zero-order valence-electron chi connectivity index (χ0n) is 17.7. The lowest BCUT2D eigenvalue weighted by atomic mass is 9.96. The molecule has 1 aliphatic carbocycles. The van der Waals surface area contributed by atoms with Gasteiger partial charge in [-0.25, -0.2) is 14.1 Å². The molecule has 0 radical (unpaired) electrons. The lowest BCUT2D eigenvalue weighted by molar-refractivity contribution is 0.171. The molecule has 11 heteroatoms. The van der Waals surface area contributed by atoms with Crippen molar-refractivity contribution in [3.63, 3.8) is 0 Å². The average molecular weight is 447 g/mol. The number of phenolic OH excluding ortho intramolecular Hbond substituents is 1. The van der Waals surface area contributed by atoms with Gasteiger partial charge in [-0.1, -0.05) is 5.21 Å². The fourth-order valence-electron chi connectivity index (χ4n) is 5.03. The van der Waals surface area contributed by atoms with Gasteiger partial charge in [0.2, 0.25) is 0 Å². The molecule has 3 aliphatic rings. The zero-order chi connectivity index (χ0) is 22.5. The van der Waals surface area contributed by atoms with Crippen LogP contribution in [0.5, 0.6) is 5.75 Å². The maximum absolute atomic E-state index is 15.2. The number of anilines is 1. The minimum atomic E-state index is -0.944. The topological polar surface area (TPSA) is 129 Å². The van der Waals surface area contributed by atoms with Crippen LogP contribution < -0.4 is 10.2 Å². The minimum Gasteiger partial charge on any atom is -0.507 e. The first kappa shape index (κ1) is 20.0. The molecule has 3 fully saturated rings. The molecular weight excluding hydrogens is 425 g/mol. The van der Waals surface area contributed by atoms with Crippen molar-refractivity contribution in [3.8, 4) is 28.9 Å². The quantitative estimate of drug-likeness (QED) is 0.602.